The summed E-state index contributed by atoms with van der Waals surface area (Å²) >= 11 is 0. The van der Waals surface area contributed by atoms with Gasteiger partial charge < -0.3 is 0 Å². The van der Waals surface area contributed by atoms with E-state index in [1.807, 2.05) is 0 Å². The van der Waals surface area contributed by atoms with Gasteiger partial charge in [0.05, 0.1) is 6.04 Å². The fraction of sp³-hybridized carbons (Fsp3) is 0.857. The third kappa shape index (κ3) is 12.5. The van der Waals surface area contributed by atoms with Gasteiger partial charge in [-0.2, -0.15) is 0 Å². The Kier molecular flexibility index (Phi) is 16.6. The predicted molar refractivity (Wildman–Crippen MR) is 133 cm³/mol. The highest BCUT2D eigenvalue weighted by Crippen LogP contribution is 2.25. The molecule has 1 aliphatic heterocycles. The van der Waals surface area contributed by atoms with E-state index in [0.717, 1.165) is 19.3 Å². The Labute approximate surface area is 193 Å². The van der Waals surface area contributed by atoms with Crippen LogP contribution in [0, 0.1) is 0 Å². The second-order valence-corrected chi connectivity index (χ2v) is 9.65. The van der Waals surface area contributed by atoms with E-state index in [0.29, 0.717) is 12.8 Å². The van der Waals surface area contributed by atoms with Crippen LogP contribution < -0.4 is 0 Å². The van der Waals surface area contributed by atoms with Crippen LogP contribution in [0.15, 0.2) is 11.6 Å². The molecule has 1 unspecified atom stereocenters. The standard InChI is InChI=1S/C28H51NO2/c1-4-6-8-10-12-13-14-15-16-18-20-22-26(29-27(30)23-24-28(29)31)25(3)21-19-17-11-9-7-5-2/h21,26H,4-20,22-24H2,1-3H3/b25-21+. The maximum Gasteiger partial charge on any atom is 0.230 e. The third-order valence-corrected chi connectivity index (χ3v) is 6.78. The molecule has 2 amide bonds. The zero-order chi connectivity index (χ0) is 22.7. The molecule has 0 aromatic rings. The summed E-state index contributed by atoms with van der Waals surface area (Å²) in [5.74, 6) is 0.0718. The van der Waals surface area contributed by atoms with Gasteiger partial charge in [-0.05, 0) is 26.2 Å². The Bertz CT molecular complexity index is 495. The van der Waals surface area contributed by atoms with Crippen LogP contribution in [0.1, 0.15) is 149 Å². The van der Waals surface area contributed by atoms with Crippen LogP contribution in [0.5, 0.6) is 0 Å². The predicted octanol–water partition coefficient (Wildman–Crippen LogP) is 8.51. The van der Waals surface area contributed by atoms with E-state index in [1.54, 1.807) is 4.90 Å². The minimum absolute atomic E-state index is 0.00305. The van der Waals surface area contributed by atoms with E-state index < -0.39 is 0 Å². The van der Waals surface area contributed by atoms with Crippen molar-refractivity contribution in [3.05, 3.63) is 11.6 Å². The second kappa shape index (κ2) is 18.5. The summed E-state index contributed by atoms with van der Waals surface area (Å²) in [4.78, 5) is 26.3. The number of amides is 2. The SMILES string of the molecule is CCCCCCC/C=C(\C)C(CCCCCCCCCCCCC)N1C(=O)CCC1=O. The summed E-state index contributed by atoms with van der Waals surface area (Å²) in [5, 5.41) is 0. The normalized spacial score (nSPS) is 15.8. The molecule has 1 saturated heterocycles. The van der Waals surface area contributed by atoms with Crippen molar-refractivity contribution in [2.45, 2.75) is 155 Å². The molecule has 1 fully saturated rings. The van der Waals surface area contributed by atoms with Crippen LogP contribution >= 0.6 is 0 Å². The second-order valence-electron chi connectivity index (χ2n) is 9.65. The van der Waals surface area contributed by atoms with Crippen LogP contribution in [0.25, 0.3) is 0 Å². The van der Waals surface area contributed by atoms with Gasteiger partial charge in [0, 0.05) is 12.8 Å². The van der Waals surface area contributed by atoms with Gasteiger partial charge in [-0.15, -0.1) is 0 Å². The number of imide groups is 1. The highest BCUT2D eigenvalue weighted by molar-refractivity contribution is 6.02. The third-order valence-electron chi connectivity index (χ3n) is 6.78. The highest BCUT2D eigenvalue weighted by atomic mass is 16.2. The van der Waals surface area contributed by atoms with E-state index in [1.165, 1.54) is 102 Å². The molecule has 0 aromatic heterocycles. The van der Waals surface area contributed by atoms with Gasteiger partial charge in [0.25, 0.3) is 0 Å². The average molecular weight is 434 g/mol. The molecule has 0 saturated carbocycles. The van der Waals surface area contributed by atoms with Gasteiger partial charge in [0.1, 0.15) is 0 Å². The van der Waals surface area contributed by atoms with Gasteiger partial charge in [0.15, 0.2) is 0 Å². The van der Waals surface area contributed by atoms with Crippen molar-refractivity contribution >= 4 is 11.8 Å². The molecule has 1 aliphatic rings. The van der Waals surface area contributed by atoms with Crippen LogP contribution in [0.3, 0.4) is 0 Å². The minimum Gasteiger partial charge on any atom is -0.275 e. The number of hydrogen-bond donors (Lipinski definition) is 0. The summed E-state index contributed by atoms with van der Waals surface area (Å²) in [7, 11) is 0. The van der Waals surface area contributed by atoms with E-state index in [4.69, 9.17) is 0 Å². The lowest BCUT2D eigenvalue weighted by Crippen LogP contribution is -2.40. The molecule has 1 atom stereocenters. The molecule has 31 heavy (non-hydrogen) atoms. The van der Waals surface area contributed by atoms with Crippen LogP contribution in [0.4, 0.5) is 0 Å². The zero-order valence-electron chi connectivity index (χ0n) is 21.1. The van der Waals surface area contributed by atoms with Gasteiger partial charge in [-0.3, -0.25) is 14.5 Å². The molecular weight excluding hydrogens is 382 g/mol. The van der Waals surface area contributed by atoms with Gasteiger partial charge >= 0.3 is 0 Å². The van der Waals surface area contributed by atoms with Crippen molar-refractivity contribution in [1.29, 1.82) is 0 Å². The Morgan fingerprint density at radius 1 is 0.710 bits per heavy atom. The van der Waals surface area contributed by atoms with Crippen LogP contribution in [-0.2, 0) is 9.59 Å². The maximum absolute atomic E-state index is 12.4. The molecule has 0 radical (unpaired) electrons. The van der Waals surface area contributed by atoms with Crippen molar-refractivity contribution in [2.75, 3.05) is 0 Å². The van der Waals surface area contributed by atoms with Crippen molar-refractivity contribution in [3.8, 4) is 0 Å². The minimum atomic E-state index is -0.00305. The number of unbranched alkanes of at least 4 members (excludes halogenated alkanes) is 15. The first-order chi connectivity index (χ1) is 15.1. The molecule has 0 aliphatic carbocycles. The Balaban J connectivity index is 2.34. The summed E-state index contributed by atoms with van der Waals surface area (Å²) in [6.07, 6.45) is 26.1. The molecule has 0 spiro atoms. The molecule has 1 heterocycles. The highest BCUT2D eigenvalue weighted by Gasteiger charge is 2.35. The Morgan fingerprint density at radius 3 is 1.61 bits per heavy atom. The Hall–Kier alpha value is -1.12. The topological polar surface area (TPSA) is 37.4 Å². The van der Waals surface area contributed by atoms with E-state index >= 15 is 0 Å². The lowest BCUT2D eigenvalue weighted by atomic mass is 9.97. The van der Waals surface area contributed by atoms with Crippen molar-refractivity contribution in [1.82, 2.24) is 4.90 Å². The first-order valence-electron chi connectivity index (χ1n) is 13.6. The molecule has 3 heteroatoms. The van der Waals surface area contributed by atoms with Gasteiger partial charge in [-0.1, -0.05) is 122 Å². The number of carbonyl (C=O) groups excluding carboxylic acids is 2. The molecular formula is C28H51NO2. The number of nitrogens with zero attached hydrogens (tertiary/aromatic N) is 1. The molecule has 0 bridgehead atoms. The maximum atomic E-state index is 12.4. The van der Waals surface area contributed by atoms with Gasteiger partial charge in [-0.25, -0.2) is 0 Å². The van der Waals surface area contributed by atoms with Crippen LogP contribution in [0.2, 0.25) is 0 Å². The summed E-state index contributed by atoms with van der Waals surface area (Å²) in [6.45, 7) is 6.65. The number of rotatable bonds is 20. The monoisotopic (exact) mass is 433 g/mol. The number of likely N-dealkylation sites (tertiary alicyclic amines) is 1. The van der Waals surface area contributed by atoms with Crippen molar-refractivity contribution < 1.29 is 9.59 Å². The lowest BCUT2D eigenvalue weighted by molar-refractivity contribution is -0.140. The van der Waals surface area contributed by atoms with E-state index in [2.05, 4.69) is 26.8 Å². The quantitative estimate of drug-likeness (QED) is 0.110. The summed E-state index contributed by atoms with van der Waals surface area (Å²) in [5.41, 5.74) is 1.23. The average Bonchev–Trinajstić information content (AvgIpc) is 3.09. The number of allylic oxidation sites excluding steroid dienone is 1. The van der Waals surface area contributed by atoms with Crippen molar-refractivity contribution in [2.24, 2.45) is 0 Å². The largest absolute Gasteiger partial charge is 0.275 e. The number of hydrogen-bond acceptors (Lipinski definition) is 2. The first kappa shape index (κ1) is 27.9. The Morgan fingerprint density at radius 2 is 1.13 bits per heavy atom. The summed E-state index contributed by atoms with van der Waals surface area (Å²) in [6, 6.07) is -0.00305. The van der Waals surface area contributed by atoms with Gasteiger partial charge in [0.2, 0.25) is 11.8 Å². The molecule has 0 N–H and O–H groups in total. The smallest absolute Gasteiger partial charge is 0.230 e. The van der Waals surface area contributed by atoms with Crippen molar-refractivity contribution in [3.63, 3.8) is 0 Å². The molecule has 180 valence electrons. The fourth-order valence-electron chi connectivity index (χ4n) is 4.72. The molecule has 0 aromatic carbocycles. The fourth-order valence-corrected chi connectivity index (χ4v) is 4.72. The lowest BCUT2D eigenvalue weighted by Gasteiger charge is -2.27. The van der Waals surface area contributed by atoms with Crippen LogP contribution in [-0.4, -0.2) is 22.8 Å². The molecule has 3 nitrogen and oxygen atoms in total. The van der Waals surface area contributed by atoms with E-state index in [-0.39, 0.29) is 17.9 Å². The van der Waals surface area contributed by atoms with E-state index in [9.17, 15) is 9.59 Å². The number of carbonyl (C=O) groups is 2. The first-order valence-corrected chi connectivity index (χ1v) is 13.6. The summed E-state index contributed by atoms with van der Waals surface area (Å²) < 4.78 is 0. The molecule has 1 rings (SSSR count). The zero-order valence-corrected chi connectivity index (χ0v) is 21.1.